The Hall–Kier alpha value is -3.36. The molecule has 0 unspecified atom stereocenters. The van der Waals surface area contributed by atoms with Crippen LogP contribution < -0.4 is 4.74 Å². The quantitative estimate of drug-likeness (QED) is 0.243. The van der Waals surface area contributed by atoms with Crippen LogP contribution in [-0.2, 0) is 14.3 Å². The van der Waals surface area contributed by atoms with E-state index in [9.17, 15) is 19.8 Å². The average molecular weight is 427 g/mol. The van der Waals surface area contributed by atoms with Gasteiger partial charge in [0.25, 0.3) is 11.7 Å². The number of ether oxygens (including phenoxy) is 2. The Morgan fingerprint density at radius 3 is 2.32 bits per heavy atom. The second-order valence-corrected chi connectivity index (χ2v) is 6.88. The van der Waals surface area contributed by atoms with E-state index in [-0.39, 0.29) is 43.4 Å². The number of rotatable bonds is 9. The van der Waals surface area contributed by atoms with Crippen LogP contribution in [0.25, 0.3) is 5.76 Å². The summed E-state index contributed by atoms with van der Waals surface area (Å²) >= 11 is 0. The molecule has 3 N–H and O–H groups in total. The number of amides is 1. The smallest absolute Gasteiger partial charge is 0.295 e. The van der Waals surface area contributed by atoms with Gasteiger partial charge >= 0.3 is 0 Å². The minimum absolute atomic E-state index is 0.0398. The number of carbonyl (C=O) groups is 2. The molecule has 0 aliphatic carbocycles. The fourth-order valence-corrected chi connectivity index (χ4v) is 3.47. The number of aliphatic hydroxyl groups excluding tert-OH is 2. The Labute approximate surface area is 180 Å². The molecule has 2 aromatic carbocycles. The van der Waals surface area contributed by atoms with Gasteiger partial charge in [0.1, 0.15) is 17.3 Å². The predicted molar refractivity (Wildman–Crippen MR) is 113 cm³/mol. The number of carbonyl (C=O) groups excluding carboxylic acids is 2. The van der Waals surface area contributed by atoms with Crippen molar-refractivity contribution in [2.24, 2.45) is 0 Å². The van der Waals surface area contributed by atoms with Gasteiger partial charge in [-0.25, -0.2) is 0 Å². The van der Waals surface area contributed by atoms with Crippen molar-refractivity contribution in [1.29, 1.82) is 0 Å². The summed E-state index contributed by atoms with van der Waals surface area (Å²) in [6.45, 7) is 2.52. The first-order valence-electron chi connectivity index (χ1n) is 9.97. The monoisotopic (exact) mass is 427 g/mol. The topological polar surface area (TPSA) is 117 Å². The summed E-state index contributed by atoms with van der Waals surface area (Å²) < 4.78 is 10.7. The van der Waals surface area contributed by atoms with Crippen molar-refractivity contribution in [1.82, 2.24) is 4.90 Å². The number of hydrogen-bond donors (Lipinski definition) is 3. The van der Waals surface area contributed by atoms with Crippen LogP contribution in [0.1, 0.15) is 24.1 Å². The summed E-state index contributed by atoms with van der Waals surface area (Å²) in [5, 5.41) is 29.5. The second-order valence-electron chi connectivity index (χ2n) is 6.88. The van der Waals surface area contributed by atoms with E-state index in [1.54, 1.807) is 36.4 Å². The number of phenolic OH excluding ortho intramolecular Hbond substituents is 1. The van der Waals surface area contributed by atoms with Gasteiger partial charge in [-0.05, 0) is 48.9 Å². The van der Waals surface area contributed by atoms with Crippen LogP contribution in [0.4, 0.5) is 0 Å². The highest BCUT2D eigenvalue weighted by Gasteiger charge is 2.45. The van der Waals surface area contributed by atoms with Gasteiger partial charge in [-0.15, -0.1) is 0 Å². The summed E-state index contributed by atoms with van der Waals surface area (Å²) in [6, 6.07) is 11.8. The molecule has 1 fully saturated rings. The standard InChI is InChI=1S/C23H25NO7/c1-2-31-18-9-5-16(6-10-18)21(27)19-20(15-3-7-17(26)8-4-15)24(23(29)22(19)28)11-13-30-14-12-25/h3-10,20,25-27H,2,11-14H2,1H3/b21-19+/t20-/m0/s1. The highest BCUT2D eigenvalue weighted by atomic mass is 16.5. The minimum Gasteiger partial charge on any atom is -0.508 e. The van der Waals surface area contributed by atoms with E-state index in [2.05, 4.69) is 0 Å². The van der Waals surface area contributed by atoms with Crippen LogP contribution in [0.2, 0.25) is 0 Å². The van der Waals surface area contributed by atoms with E-state index in [1.807, 2.05) is 6.92 Å². The zero-order chi connectivity index (χ0) is 22.4. The third-order valence-corrected chi connectivity index (χ3v) is 4.90. The summed E-state index contributed by atoms with van der Waals surface area (Å²) in [5.74, 6) is -1.18. The molecule has 2 aromatic rings. The summed E-state index contributed by atoms with van der Waals surface area (Å²) in [7, 11) is 0. The van der Waals surface area contributed by atoms with Crippen LogP contribution in [0.5, 0.6) is 11.5 Å². The van der Waals surface area contributed by atoms with Crippen molar-refractivity contribution in [3.05, 3.63) is 65.2 Å². The zero-order valence-electron chi connectivity index (χ0n) is 17.2. The molecule has 1 aliphatic rings. The van der Waals surface area contributed by atoms with Crippen LogP contribution in [0, 0.1) is 0 Å². The molecule has 8 heteroatoms. The molecule has 1 saturated heterocycles. The predicted octanol–water partition coefficient (Wildman–Crippen LogP) is 2.22. The molecule has 3 rings (SSSR count). The van der Waals surface area contributed by atoms with Gasteiger partial charge in [-0.3, -0.25) is 9.59 Å². The van der Waals surface area contributed by atoms with Crippen LogP contribution in [-0.4, -0.2) is 64.9 Å². The summed E-state index contributed by atoms with van der Waals surface area (Å²) in [5.41, 5.74) is 0.899. The van der Waals surface area contributed by atoms with Gasteiger partial charge in [-0.1, -0.05) is 12.1 Å². The third-order valence-electron chi connectivity index (χ3n) is 4.90. The number of aliphatic hydroxyl groups is 2. The van der Waals surface area contributed by atoms with Gasteiger partial charge in [0.2, 0.25) is 0 Å². The van der Waals surface area contributed by atoms with Gasteiger partial charge in [0.05, 0.1) is 38.0 Å². The van der Waals surface area contributed by atoms with Gasteiger partial charge in [0, 0.05) is 12.1 Å². The first kappa shape index (κ1) is 22.3. The Bertz CT molecular complexity index is 951. The molecule has 1 amide bonds. The van der Waals surface area contributed by atoms with E-state index in [1.165, 1.54) is 17.0 Å². The summed E-state index contributed by atoms with van der Waals surface area (Å²) in [4.78, 5) is 27.0. The number of Topliss-reactive ketones (excluding diaryl/α,β-unsaturated/α-hetero) is 1. The Morgan fingerprint density at radius 2 is 1.71 bits per heavy atom. The molecule has 0 saturated carbocycles. The van der Waals surface area contributed by atoms with Crippen molar-refractivity contribution in [3.63, 3.8) is 0 Å². The van der Waals surface area contributed by atoms with Crippen molar-refractivity contribution < 1.29 is 34.4 Å². The lowest BCUT2D eigenvalue weighted by Gasteiger charge is -2.25. The molecule has 1 atom stereocenters. The molecule has 164 valence electrons. The van der Waals surface area contributed by atoms with E-state index < -0.39 is 17.7 Å². The maximum absolute atomic E-state index is 12.9. The van der Waals surface area contributed by atoms with Crippen molar-refractivity contribution in [3.8, 4) is 11.5 Å². The van der Waals surface area contributed by atoms with Gasteiger partial charge < -0.3 is 29.7 Å². The molecule has 31 heavy (non-hydrogen) atoms. The number of nitrogens with zero attached hydrogens (tertiary/aromatic N) is 1. The van der Waals surface area contributed by atoms with E-state index in [4.69, 9.17) is 14.6 Å². The number of benzene rings is 2. The lowest BCUT2D eigenvalue weighted by atomic mass is 9.95. The highest BCUT2D eigenvalue weighted by molar-refractivity contribution is 6.46. The Kier molecular flexibility index (Phi) is 7.28. The second kappa shape index (κ2) is 10.1. The van der Waals surface area contributed by atoms with E-state index in [0.717, 1.165) is 0 Å². The maximum atomic E-state index is 12.9. The summed E-state index contributed by atoms with van der Waals surface area (Å²) in [6.07, 6.45) is 0. The first-order chi connectivity index (χ1) is 15.0. The van der Waals surface area contributed by atoms with Crippen LogP contribution in [0.3, 0.4) is 0 Å². The minimum atomic E-state index is -0.843. The Morgan fingerprint density at radius 1 is 1.03 bits per heavy atom. The molecule has 0 aromatic heterocycles. The number of ketones is 1. The SMILES string of the molecule is CCOc1ccc(/C(O)=C2\C(=O)C(=O)N(CCOCCO)[C@H]2c2ccc(O)cc2)cc1. The molecular formula is C23H25NO7. The zero-order valence-corrected chi connectivity index (χ0v) is 17.2. The Balaban J connectivity index is 2.02. The molecule has 8 nitrogen and oxygen atoms in total. The normalized spacial score (nSPS) is 17.9. The molecule has 1 heterocycles. The van der Waals surface area contributed by atoms with Gasteiger partial charge in [-0.2, -0.15) is 0 Å². The highest BCUT2D eigenvalue weighted by Crippen LogP contribution is 2.39. The lowest BCUT2D eigenvalue weighted by molar-refractivity contribution is -0.140. The van der Waals surface area contributed by atoms with Crippen molar-refractivity contribution in [2.45, 2.75) is 13.0 Å². The largest absolute Gasteiger partial charge is 0.508 e. The average Bonchev–Trinajstić information content (AvgIpc) is 3.02. The van der Waals surface area contributed by atoms with Crippen molar-refractivity contribution in [2.75, 3.05) is 33.0 Å². The number of aromatic hydroxyl groups is 1. The van der Waals surface area contributed by atoms with Crippen molar-refractivity contribution >= 4 is 17.4 Å². The molecule has 0 spiro atoms. The molecule has 0 bridgehead atoms. The third kappa shape index (κ3) is 4.87. The number of hydrogen-bond acceptors (Lipinski definition) is 7. The number of likely N-dealkylation sites (tertiary alicyclic amines) is 1. The van der Waals surface area contributed by atoms with E-state index >= 15 is 0 Å². The number of phenols is 1. The van der Waals surface area contributed by atoms with E-state index in [0.29, 0.717) is 23.5 Å². The first-order valence-corrected chi connectivity index (χ1v) is 9.97. The van der Waals surface area contributed by atoms with Gasteiger partial charge in [0.15, 0.2) is 0 Å². The fourth-order valence-electron chi connectivity index (χ4n) is 3.47. The fraction of sp³-hybridized carbons (Fsp3) is 0.304. The molecule has 0 radical (unpaired) electrons. The molecule has 1 aliphatic heterocycles. The lowest BCUT2D eigenvalue weighted by Crippen LogP contribution is -2.33. The van der Waals surface area contributed by atoms with Crippen LogP contribution >= 0.6 is 0 Å². The molecular weight excluding hydrogens is 402 g/mol. The van der Waals surface area contributed by atoms with Crippen LogP contribution in [0.15, 0.2) is 54.1 Å². The maximum Gasteiger partial charge on any atom is 0.295 e.